The Kier molecular flexibility index (Phi) is 2.86. The third kappa shape index (κ3) is 1.96. The van der Waals surface area contributed by atoms with Crippen LogP contribution < -0.4 is 0 Å². The van der Waals surface area contributed by atoms with Crippen LogP contribution in [-0.4, -0.2) is 37.2 Å². The average Bonchev–Trinajstić information content (AvgIpc) is 2.46. The zero-order valence-corrected chi connectivity index (χ0v) is 11.8. The largest absolute Gasteiger partial charge is 0.378 e. The molecule has 2 aliphatic rings. The molecule has 2 unspecified atom stereocenters. The fourth-order valence-corrected chi connectivity index (χ4v) is 3.36. The molecule has 102 valence electrons. The van der Waals surface area contributed by atoms with Gasteiger partial charge in [0.1, 0.15) is 0 Å². The minimum absolute atomic E-state index is 0.434. The minimum Gasteiger partial charge on any atom is -0.378 e. The van der Waals surface area contributed by atoms with Gasteiger partial charge < -0.3 is 4.74 Å². The van der Waals surface area contributed by atoms with Gasteiger partial charge in [0, 0.05) is 6.04 Å². The molecular formula is C18H19NO. The molecule has 2 heterocycles. The van der Waals surface area contributed by atoms with Gasteiger partial charge in [-0.3, -0.25) is 4.90 Å². The Morgan fingerprint density at radius 3 is 2.75 bits per heavy atom. The lowest BCUT2D eigenvalue weighted by atomic mass is 9.89. The highest BCUT2D eigenvalue weighted by Gasteiger charge is 2.32. The zero-order valence-electron chi connectivity index (χ0n) is 11.8. The van der Waals surface area contributed by atoms with Crippen molar-refractivity contribution >= 4 is 16.3 Å². The van der Waals surface area contributed by atoms with E-state index in [9.17, 15) is 0 Å². The van der Waals surface area contributed by atoms with Crippen LogP contribution >= 0.6 is 0 Å². The first-order chi connectivity index (χ1) is 9.81. The van der Waals surface area contributed by atoms with Crippen LogP contribution in [0.15, 0.2) is 48.5 Å². The van der Waals surface area contributed by atoms with Crippen LogP contribution in [-0.2, 0) is 4.74 Å². The number of nitrogens with zero attached hydrogens (tertiary/aromatic N) is 1. The van der Waals surface area contributed by atoms with Gasteiger partial charge in [0.05, 0.1) is 19.3 Å². The van der Waals surface area contributed by atoms with Crippen molar-refractivity contribution in [3.05, 3.63) is 54.1 Å². The molecular weight excluding hydrogens is 246 g/mol. The predicted molar refractivity (Wildman–Crippen MR) is 82.7 cm³/mol. The Labute approximate surface area is 119 Å². The second kappa shape index (κ2) is 4.72. The van der Waals surface area contributed by atoms with Gasteiger partial charge in [-0.1, -0.05) is 42.5 Å². The molecule has 2 nitrogen and oxygen atoms in total. The molecule has 0 aromatic heterocycles. The molecule has 4 rings (SSSR count). The van der Waals surface area contributed by atoms with E-state index in [0.29, 0.717) is 12.1 Å². The van der Waals surface area contributed by atoms with E-state index in [2.05, 4.69) is 60.5 Å². The van der Waals surface area contributed by atoms with E-state index < -0.39 is 0 Å². The number of benzene rings is 2. The Morgan fingerprint density at radius 1 is 1.05 bits per heavy atom. The number of likely N-dealkylation sites (N-methyl/N-ethyl adjacent to an activating group) is 1. The van der Waals surface area contributed by atoms with E-state index in [4.69, 9.17) is 4.74 Å². The van der Waals surface area contributed by atoms with Crippen LogP contribution in [0.4, 0.5) is 0 Å². The van der Waals surface area contributed by atoms with Gasteiger partial charge >= 0.3 is 0 Å². The van der Waals surface area contributed by atoms with Crippen LogP contribution in [0, 0.1) is 0 Å². The predicted octanol–water partition coefficient (Wildman–Crippen LogP) is 3.33. The van der Waals surface area contributed by atoms with Crippen LogP contribution in [0.25, 0.3) is 16.3 Å². The summed E-state index contributed by atoms with van der Waals surface area (Å²) in [7, 11) is 2.21. The highest BCUT2D eigenvalue weighted by atomic mass is 16.5. The second-order valence-corrected chi connectivity index (χ2v) is 5.88. The molecule has 2 aliphatic heterocycles. The molecule has 0 aliphatic carbocycles. The SMILES string of the molecule is CN1C2C=C(c3ccc4ccccc4c3)CC1COC2. The van der Waals surface area contributed by atoms with Crippen LogP contribution in [0.2, 0.25) is 0 Å². The molecule has 1 saturated heterocycles. The van der Waals surface area contributed by atoms with E-state index in [1.165, 1.54) is 21.9 Å². The number of hydrogen-bond donors (Lipinski definition) is 0. The first-order valence-corrected chi connectivity index (χ1v) is 7.31. The van der Waals surface area contributed by atoms with Crippen molar-refractivity contribution in [1.82, 2.24) is 4.90 Å². The lowest BCUT2D eigenvalue weighted by Crippen LogP contribution is -2.51. The van der Waals surface area contributed by atoms with Gasteiger partial charge in [-0.25, -0.2) is 0 Å². The zero-order chi connectivity index (χ0) is 13.5. The first kappa shape index (κ1) is 12.1. The number of morpholine rings is 1. The van der Waals surface area contributed by atoms with Crippen molar-refractivity contribution in [2.24, 2.45) is 0 Å². The summed E-state index contributed by atoms with van der Waals surface area (Å²) in [6, 6.07) is 16.3. The number of fused-ring (bicyclic) bond motifs is 3. The highest BCUT2D eigenvalue weighted by molar-refractivity contribution is 5.86. The summed E-state index contributed by atoms with van der Waals surface area (Å²) in [6.07, 6.45) is 3.48. The van der Waals surface area contributed by atoms with Crippen molar-refractivity contribution in [2.45, 2.75) is 18.5 Å². The first-order valence-electron chi connectivity index (χ1n) is 7.31. The number of ether oxygens (including phenoxy) is 1. The van der Waals surface area contributed by atoms with Gasteiger partial charge in [-0.2, -0.15) is 0 Å². The van der Waals surface area contributed by atoms with E-state index in [0.717, 1.165) is 19.6 Å². The summed E-state index contributed by atoms with van der Waals surface area (Å²) < 4.78 is 5.68. The van der Waals surface area contributed by atoms with Crippen LogP contribution in [0.1, 0.15) is 12.0 Å². The molecule has 0 radical (unpaired) electrons. The maximum atomic E-state index is 5.68. The number of hydrogen-bond acceptors (Lipinski definition) is 2. The molecule has 0 N–H and O–H groups in total. The lowest BCUT2D eigenvalue weighted by molar-refractivity contribution is -0.0221. The Bertz CT molecular complexity index is 676. The molecule has 2 atom stereocenters. The maximum Gasteiger partial charge on any atom is 0.0658 e. The normalized spacial score (nSPS) is 26.6. The minimum atomic E-state index is 0.434. The van der Waals surface area contributed by atoms with Gasteiger partial charge in [-0.15, -0.1) is 0 Å². The van der Waals surface area contributed by atoms with Gasteiger partial charge in [0.15, 0.2) is 0 Å². The van der Waals surface area contributed by atoms with Crippen molar-refractivity contribution in [2.75, 3.05) is 20.3 Å². The Balaban J connectivity index is 1.75. The Hall–Kier alpha value is -1.64. The third-order valence-electron chi connectivity index (χ3n) is 4.67. The Morgan fingerprint density at radius 2 is 1.90 bits per heavy atom. The lowest BCUT2D eigenvalue weighted by Gasteiger charge is -2.42. The second-order valence-electron chi connectivity index (χ2n) is 5.88. The van der Waals surface area contributed by atoms with Crippen LogP contribution in [0.5, 0.6) is 0 Å². The molecule has 20 heavy (non-hydrogen) atoms. The molecule has 2 aromatic rings. The van der Waals surface area contributed by atoms with Gasteiger partial charge in [0.2, 0.25) is 0 Å². The summed E-state index contributed by atoms with van der Waals surface area (Å²) in [4.78, 5) is 2.45. The summed E-state index contributed by atoms with van der Waals surface area (Å²) in [5.41, 5.74) is 2.85. The molecule has 0 amide bonds. The highest BCUT2D eigenvalue weighted by Crippen LogP contribution is 2.32. The summed E-state index contributed by atoms with van der Waals surface area (Å²) in [5.74, 6) is 0. The fraction of sp³-hybridized carbons (Fsp3) is 0.333. The van der Waals surface area contributed by atoms with Crippen LogP contribution in [0.3, 0.4) is 0 Å². The van der Waals surface area contributed by atoms with Gasteiger partial charge in [0.25, 0.3) is 0 Å². The van der Waals surface area contributed by atoms with E-state index in [1.54, 1.807) is 0 Å². The van der Waals surface area contributed by atoms with E-state index in [-0.39, 0.29) is 0 Å². The molecule has 2 bridgehead atoms. The third-order valence-corrected chi connectivity index (χ3v) is 4.67. The van der Waals surface area contributed by atoms with Crippen molar-refractivity contribution in [1.29, 1.82) is 0 Å². The molecule has 2 aromatic carbocycles. The molecule has 2 heteroatoms. The summed E-state index contributed by atoms with van der Waals surface area (Å²) in [5, 5.41) is 2.64. The quantitative estimate of drug-likeness (QED) is 0.784. The average molecular weight is 265 g/mol. The number of rotatable bonds is 1. The summed E-state index contributed by atoms with van der Waals surface area (Å²) in [6.45, 7) is 1.68. The van der Waals surface area contributed by atoms with E-state index in [1.807, 2.05) is 0 Å². The van der Waals surface area contributed by atoms with Crippen molar-refractivity contribution < 1.29 is 4.74 Å². The smallest absolute Gasteiger partial charge is 0.0658 e. The monoisotopic (exact) mass is 265 g/mol. The molecule has 0 saturated carbocycles. The standard InChI is InChI=1S/C18H19NO/c1-19-17-9-16(10-18(19)12-20-11-17)15-7-6-13-4-2-3-5-14(13)8-15/h2-9,17-18H,10-12H2,1H3. The molecule has 1 fully saturated rings. The fourth-order valence-electron chi connectivity index (χ4n) is 3.36. The van der Waals surface area contributed by atoms with Gasteiger partial charge in [-0.05, 0) is 41.4 Å². The molecule has 0 spiro atoms. The maximum absolute atomic E-state index is 5.68. The van der Waals surface area contributed by atoms with Crippen molar-refractivity contribution in [3.8, 4) is 0 Å². The van der Waals surface area contributed by atoms with Crippen molar-refractivity contribution in [3.63, 3.8) is 0 Å². The topological polar surface area (TPSA) is 12.5 Å². The summed E-state index contributed by atoms with van der Waals surface area (Å²) >= 11 is 0. The van der Waals surface area contributed by atoms with E-state index >= 15 is 0 Å².